The molecular weight excluding hydrogens is 433 g/mol. The summed E-state index contributed by atoms with van der Waals surface area (Å²) in [7, 11) is -5.20. The van der Waals surface area contributed by atoms with Crippen molar-refractivity contribution in [3.8, 4) is 29.2 Å². The molecule has 3 aromatic rings. The van der Waals surface area contributed by atoms with Crippen LogP contribution in [-0.4, -0.2) is 21.1 Å². The maximum Gasteiger partial charge on any atom is 0.488 e. The Bertz CT molecular complexity index is 1280. The number of alkyl carbamates (subject to hydrolysis) is 1. The fourth-order valence-electron chi connectivity index (χ4n) is 3.83. The average Bonchev–Trinajstić information content (AvgIpc) is 3.08. The summed E-state index contributed by atoms with van der Waals surface area (Å²) in [5.41, 5.74) is 5.13. The van der Waals surface area contributed by atoms with E-state index < -0.39 is 16.6 Å². The lowest BCUT2D eigenvalue weighted by molar-refractivity contribution is 0.142. The van der Waals surface area contributed by atoms with Crippen molar-refractivity contribution in [1.82, 2.24) is 5.32 Å². The highest BCUT2D eigenvalue weighted by molar-refractivity contribution is 7.81. The molecule has 3 aromatic carbocycles. The molecule has 1 aliphatic carbocycles. The van der Waals surface area contributed by atoms with Crippen molar-refractivity contribution < 1.29 is 26.0 Å². The minimum Gasteiger partial charge on any atom is -0.449 e. The Morgan fingerprint density at radius 2 is 1.66 bits per heavy atom. The summed E-state index contributed by atoms with van der Waals surface area (Å²) in [6, 6.07) is 20.0. The van der Waals surface area contributed by atoms with Crippen LogP contribution in [0.2, 0.25) is 0 Å². The fourth-order valence-corrected chi connectivity index (χ4v) is 4.16. The zero-order chi connectivity index (χ0) is 22.7. The van der Waals surface area contributed by atoms with Crippen LogP contribution < -0.4 is 9.50 Å². The summed E-state index contributed by atoms with van der Waals surface area (Å²) in [6.45, 7) is 0.133. The third kappa shape index (κ3) is 4.74. The van der Waals surface area contributed by atoms with Gasteiger partial charge in [-0.05, 0) is 46.0 Å². The molecule has 162 valence electrons. The summed E-state index contributed by atoms with van der Waals surface area (Å²) in [4.78, 5) is 12.3. The fraction of sp³-hybridized carbons (Fsp3) is 0.125. The molecular formula is C24H18FNO5S. The Kier molecular flexibility index (Phi) is 5.84. The van der Waals surface area contributed by atoms with Crippen LogP contribution in [-0.2, 0) is 21.8 Å². The number of amides is 1. The van der Waals surface area contributed by atoms with Crippen LogP contribution in [0.3, 0.4) is 0 Å². The Morgan fingerprint density at radius 3 is 2.25 bits per heavy atom. The van der Waals surface area contributed by atoms with Gasteiger partial charge in [-0.1, -0.05) is 58.3 Å². The monoisotopic (exact) mass is 451 g/mol. The van der Waals surface area contributed by atoms with Gasteiger partial charge in [-0.15, -0.1) is 6.42 Å². The zero-order valence-corrected chi connectivity index (χ0v) is 17.6. The van der Waals surface area contributed by atoms with Crippen LogP contribution in [0.1, 0.15) is 28.2 Å². The molecule has 32 heavy (non-hydrogen) atoms. The molecule has 0 radical (unpaired) electrons. The van der Waals surface area contributed by atoms with Gasteiger partial charge in [-0.2, -0.15) is 8.42 Å². The summed E-state index contributed by atoms with van der Waals surface area (Å²) >= 11 is 0. The number of carbonyl (C=O) groups excluding carboxylic acids is 1. The molecule has 0 aromatic heterocycles. The average molecular weight is 451 g/mol. The van der Waals surface area contributed by atoms with E-state index in [1.165, 1.54) is 12.1 Å². The van der Waals surface area contributed by atoms with Crippen LogP contribution in [0.15, 0.2) is 66.7 Å². The first-order chi connectivity index (χ1) is 15.3. The minimum atomic E-state index is -5.20. The number of hydrogen-bond donors (Lipinski definition) is 1. The zero-order valence-electron chi connectivity index (χ0n) is 16.7. The molecule has 6 nitrogen and oxygen atoms in total. The largest absolute Gasteiger partial charge is 0.488 e. The van der Waals surface area contributed by atoms with Gasteiger partial charge in [-0.3, -0.25) is 0 Å². The molecule has 1 aliphatic rings. The van der Waals surface area contributed by atoms with Crippen molar-refractivity contribution in [3.05, 3.63) is 89.0 Å². The quantitative estimate of drug-likeness (QED) is 0.446. The topological polar surface area (TPSA) is 81.7 Å². The van der Waals surface area contributed by atoms with Crippen molar-refractivity contribution in [2.45, 2.75) is 12.5 Å². The van der Waals surface area contributed by atoms with Crippen LogP contribution >= 0.6 is 0 Å². The van der Waals surface area contributed by atoms with Crippen molar-refractivity contribution in [3.63, 3.8) is 0 Å². The van der Waals surface area contributed by atoms with Gasteiger partial charge >= 0.3 is 16.6 Å². The number of hydrogen-bond acceptors (Lipinski definition) is 5. The number of terminal acetylenes is 1. The number of benzene rings is 3. The molecule has 0 saturated carbocycles. The predicted octanol–water partition coefficient (Wildman–Crippen LogP) is 4.30. The van der Waals surface area contributed by atoms with E-state index in [1.807, 2.05) is 48.5 Å². The Labute approximate surface area is 185 Å². The van der Waals surface area contributed by atoms with E-state index in [9.17, 15) is 17.1 Å². The number of carbonyl (C=O) groups is 1. The van der Waals surface area contributed by atoms with Crippen LogP contribution in [0.5, 0.6) is 5.75 Å². The lowest BCUT2D eigenvalue weighted by Crippen LogP contribution is -2.25. The molecule has 0 heterocycles. The first-order valence-electron chi connectivity index (χ1n) is 9.67. The second-order valence-corrected chi connectivity index (χ2v) is 8.12. The molecule has 0 unspecified atom stereocenters. The smallest absolute Gasteiger partial charge is 0.449 e. The molecule has 8 heteroatoms. The third-order valence-corrected chi connectivity index (χ3v) is 5.50. The van der Waals surface area contributed by atoms with Gasteiger partial charge < -0.3 is 14.2 Å². The molecule has 0 atom stereocenters. The molecule has 1 N–H and O–H groups in total. The van der Waals surface area contributed by atoms with E-state index in [4.69, 9.17) is 11.2 Å². The summed E-state index contributed by atoms with van der Waals surface area (Å²) in [5.74, 6) is 1.96. The highest BCUT2D eigenvalue weighted by Crippen LogP contribution is 2.44. The SMILES string of the molecule is C#Cc1cc(CNC(=O)OCC2c3ccccc3-c3ccccc32)cc(OS(=O)(=O)F)c1. The van der Waals surface area contributed by atoms with Gasteiger partial charge in [0.2, 0.25) is 0 Å². The normalized spacial score (nSPS) is 12.4. The Hall–Kier alpha value is -3.83. The predicted molar refractivity (Wildman–Crippen MR) is 117 cm³/mol. The van der Waals surface area contributed by atoms with E-state index >= 15 is 0 Å². The number of fused-ring (bicyclic) bond motifs is 3. The minimum absolute atomic E-state index is 0.0190. The second-order valence-electron chi connectivity index (χ2n) is 7.17. The first kappa shape index (κ1) is 21.4. The van der Waals surface area contributed by atoms with Crippen LogP contribution in [0.4, 0.5) is 8.68 Å². The van der Waals surface area contributed by atoms with E-state index in [0.29, 0.717) is 5.56 Å². The Balaban J connectivity index is 1.42. The van der Waals surface area contributed by atoms with Crippen molar-refractivity contribution in [2.24, 2.45) is 0 Å². The van der Waals surface area contributed by atoms with Crippen LogP contribution in [0.25, 0.3) is 11.1 Å². The van der Waals surface area contributed by atoms with E-state index in [1.54, 1.807) is 6.07 Å². The van der Waals surface area contributed by atoms with Gasteiger partial charge in [0.25, 0.3) is 0 Å². The highest BCUT2D eigenvalue weighted by Gasteiger charge is 2.28. The number of halogens is 1. The summed E-state index contributed by atoms with van der Waals surface area (Å²) in [5, 5.41) is 2.58. The summed E-state index contributed by atoms with van der Waals surface area (Å²) < 4.78 is 44.0. The van der Waals surface area contributed by atoms with Crippen LogP contribution in [0, 0.1) is 12.3 Å². The number of rotatable bonds is 6. The van der Waals surface area contributed by atoms with Gasteiger partial charge in [0.15, 0.2) is 0 Å². The van der Waals surface area contributed by atoms with E-state index in [0.717, 1.165) is 22.3 Å². The molecule has 0 fully saturated rings. The van der Waals surface area contributed by atoms with Crippen molar-refractivity contribution in [2.75, 3.05) is 6.61 Å². The van der Waals surface area contributed by atoms with E-state index in [-0.39, 0.29) is 30.4 Å². The van der Waals surface area contributed by atoms with Crippen molar-refractivity contribution in [1.29, 1.82) is 0 Å². The van der Waals surface area contributed by atoms with Crippen molar-refractivity contribution >= 4 is 16.6 Å². The van der Waals surface area contributed by atoms with Gasteiger partial charge in [-0.25, -0.2) is 4.79 Å². The number of ether oxygens (including phenoxy) is 1. The maximum atomic E-state index is 12.8. The molecule has 4 rings (SSSR count). The van der Waals surface area contributed by atoms with Gasteiger partial charge in [0, 0.05) is 18.0 Å². The molecule has 0 spiro atoms. The second kappa shape index (κ2) is 8.73. The molecule has 0 saturated heterocycles. The first-order valence-corrected chi connectivity index (χ1v) is 11.0. The maximum absolute atomic E-state index is 12.8. The molecule has 0 aliphatic heterocycles. The lowest BCUT2D eigenvalue weighted by atomic mass is 9.98. The molecule has 1 amide bonds. The Morgan fingerprint density at radius 1 is 1.03 bits per heavy atom. The standard InChI is InChI=1S/C24H18FNO5S/c1-2-16-11-17(13-18(12-16)31-32(25,28)29)14-26-24(27)30-15-23-21-9-5-3-7-19(21)20-8-4-6-10-22(20)23/h1,3-13,23H,14-15H2,(H,26,27). The summed E-state index contributed by atoms with van der Waals surface area (Å²) in [6.07, 6.45) is 4.69. The van der Waals surface area contributed by atoms with Gasteiger partial charge in [0.1, 0.15) is 12.4 Å². The third-order valence-electron chi connectivity index (χ3n) is 5.11. The lowest BCUT2D eigenvalue weighted by Gasteiger charge is -2.15. The van der Waals surface area contributed by atoms with E-state index in [2.05, 4.69) is 15.4 Å². The molecule has 0 bridgehead atoms. The highest BCUT2D eigenvalue weighted by atomic mass is 32.3. The van der Waals surface area contributed by atoms with Gasteiger partial charge in [0.05, 0.1) is 0 Å². The number of nitrogens with one attached hydrogen (secondary N) is 1.